The van der Waals surface area contributed by atoms with Gasteiger partial charge in [0.15, 0.2) is 0 Å². The molecule has 0 rings (SSSR count). The third-order valence-electron chi connectivity index (χ3n) is 10.7. The standard InChI is InChI=1S/C47H84N10O14/c1-22(2)16-31(52-40(63)28(12)50-46(69)38(29(13)58)57-41(64)30(14-15-37(60)61)51-36(59)21-48)42(65)49-27(11)39(62)53-32(17-23(3)4)43(66)54-33(18-24(5)6)44(67)55-34(19-25(7)8)45(68)56-35(47(70)71)20-26(9)10/h22-35,38,58H,14-21,48H2,1-13H3,(H,49,65)(H,50,69)(H,51,59)(H,52,63)(H,53,62)(H,54,66)(H,55,67)(H,56,68)(H,57,64)(H,60,61)(H,70,71)/t27-,28-,29+,30-,31-,32-,33-,34-,35-,38-/m0/s1. The van der Waals surface area contributed by atoms with E-state index in [4.69, 9.17) is 10.8 Å². The second kappa shape index (κ2) is 32.1. The maximum atomic E-state index is 13.9. The summed E-state index contributed by atoms with van der Waals surface area (Å²) in [6.07, 6.45) is -1.77. The number of aliphatic hydroxyl groups is 1. The average Bonchev–Trinajstić information content (AvgIpc) is 3.23. The number of nitrogens with two attached hydrogens (primary N) is 1. The molecule has 0 radical (unpaired) electrons. The van der Waals surface area contributed by atoms with E-state index in [0.29, 0.717) is 0 Å². The van der Waals surface area contributed by atoms with Gasteiger partial charge in [0, 0.05) is 6.42 Å². The number of hydrogen-bond donors (Lipinski definition) is 13. The van der Waals surface area contributed by atoms with Gasteiger partial charge in [0.05, 0.1) is 12.6 Å². The predicted molar refractivity (Wildman–Crippen MR) is 261 cm³/mol. The molecular formula is C47H84N10O14. The largest absolute Gasteiger partial charge is 0.481 e. The van der Waals surface area contributed by atoms with Crippen LogP contribution in [0.2, 0.25) is 0 Å². The van der Waals surface area contributed by atoms with Gasteiger partial charge < -0.3 is 68.9 Å². The molecule has 71 heavy (non-hydrogen) atoms. The number of hydrogen-bond acceptors (Lipinski definition) is 13. The molecule has 0 saturated heterocycles. The van der Waals surface area contributed by atoms with E-state index >= 15 is 0 Å². The minimum atomic E-state index is -1.68. The minimum Gasteiger partial charge on any atom is -0.481 e. The van der Waals surface area contributed by atoms with Crippen molar-refractivity contribution < 1.29 is 68.1 Å². The van der Waals surface area contributed by atoms with Crippen LogP contribution in [0.5, 0.6) is 0 Å². The quantitative estimate of drug-likeness (QED) is 0.0372. The molecule has 0 aromatic heterocycles. The summed E-state index contributed by atoms with van der Waals surface area (Å²) < 4.78 is 0. The van der Waals surface area contributed by atoms with Crippen LogP contribution in [0.4, 0.5) is 0 Å². The lowest BCUT2D eigenvalue weighted by atomic mass is 9.98. The number of nitrogens with one attached hydrogen (secondary N) is 9. The summed E-state index contributed by atoms with van der Waals surface area (Å²) in [6, 6.07) is -11.7. The molecule has 0 aromatic carbocycles. The van der Waals surface area contributed by atoms with Crippen molar-refractivity contribution in [3.63, 3.8) is 0 Å². The number of aliphatic carboxylic acids is 2. The Bertz CT molecular complexity index is 1830. The lowest BCUT2D eigenvalue weighted by Gasteiger charge is -2.29. The average molecular weight is 1010 g/mol. The molecule has 10 atom stereocenters. The molecular weight excluding hydrogens is 929 g/mol. The Morgan fingerprint density at radius 3 is 0.986 bits per heavy atom. The second-order valence-electron chi connectivity index (χ2n) is 20.2. The minimum absolute atomic E-state index is 0.0449. The van der Waals surface area contributed by atoms with Crippen LogP contribution in [0, 0.1) is 29.6 Å². The van der Waals surface area contributed by atoms with Gasteiger partial charge >= 0.3 is 11.9 Å². The molecule has 9 amide bonds. The molecule has 0 unspecified atom stereocenters. The van der Waals surface area contributed by atoms with Crippen molar-refractivity contribution in [2.24, 2.45) is 35.3 Å². The van der Waals surface area contributed by atoms with E-state index in [2.05, 4.69) is 47.9 Å². The number of rotatable bonds is 33. The molecule has 0 bridgehead atoms. The molecule has 0 saturated carbocycles. The van der Waals surface area contributed by atoms with E-state index in [0.717, 1.165) is 0 Å². The highest BCUT2D eigenvalue weighted by atomic mass is 16.4. The third-order valence-corrected chi connectivity index (χ3v) is 10.7. The fourth-order valence-corrected chi connectivity index (χ4v) is 7.11. The first-order chi connectivity index (χ1) is 32.8. The van der Waals surface area contributed by atoms with Crippen molar-refractivity contribution in [3.8, 4) is 0 Å². The molecule has 406 valence electrons. The normalized spacial score (nSPS) is 15.7. The second-order valence-corrected chi connectivity index (χ2v) is 20.2. The van der Waals surface area contributed by atoms with Crippen LogP contribution in [-0.2, 0) is 52.7 Å². The fourth-order valence-electron chi connectivity index (χ4n) is 7.11. The zero-order valence-electron chi connectivity index (χ0n) is 43.7. The van der Waals surface area contributed by atoms with Crippen LogP contribution in [-0.4, -0.2) is 147 Å². The summed E-state index contributed by atoms with van der Waals surface area (Å²) in [7, 11) is 0. The molecule has 24 heteroatoms. The number of carbonyl (C=O) groups excluding carboxylic acids is 9. The Hall–Kier alpha value is -5.91. The van der Waals surface area contributed by atoms with Crippen molar-refractivity contribution in [1.29, 1.82) is 0 Å². The van der Waals surface area contributed by atoms with E-state index in [-0.39, 0.29) is 68.1 Å². The topological polar surface area (TPSA) is 383 Å². The van der Waals surface area contributed by atoms with Crippen LogP contribution in [0.15, 0.2) is 0 Å². The van der Waals surface area contributed by atoms with Gasteiger partial charge in [-0.3, -0.25) is 47.9 Å². The summed E-state index contributed by atoms with van der Waals surface area (Å²) >= 11 is 0. The molecule has 0 aromatic rings. The first kappa shape index (κ1) is 65.1. The lowest BCUT2D eigenvalue weighted by Crippen LogP contribution is -2.61. The van der Waals surface area contributed by atoms with Crippen molar-refractivity contribution in [2.45, 2.75) is 195 Å². The first-order valence-electron chi connectivity index (χ1n) is 24.3. The number of aliphatic hydroxyl groups excluding tert-OH is 1. The summed E-state index contributed by atoms with van der Waals surface area (Å²) in [4.78, 5) is 143. The number of carbonyl (C=O) groups is 11. The fraction of sp³-hybridized carbons (Fsp3) is 0.766. The van der Waals surface area contributed by atoms with E-state index in [9.17, 15) is 63.0 Å². The molecule has 0 heterocycles. The Morgan fingerprint density at radius 2 is 0.676 bits per heavy atom. The highest BCUT2D eigenvalue weighted by Crippen LogP contribution is 2.14. The van der Waals surface area contributed by atoms with Gasteiger partial charge in [-0.05, 0) is 88.9 Å². The number of carboxylic acid groups (broad SMARTS) is 2. The predicted octanol–water partition coefficient (Wildman–Crippen LogP) is -1.09. The van der Waals surface area contributed by atoms with Crippen LogP contribution < -0.4 is 53.6 Å². The van der Waals surface area contributed by atoms with Gasteiger partial charge in [-0.1, -0.05) is 69.2 Å². The highest BCUT2D eigenvalue weighted by molar-refractivity contribution is 5.98. The van der Waals surface area contributed by atoms with E-state index in [1.807, 2.05) is 55.4 Å². The van der Waals surface area contributed by atoms with E-state index in [1.54, 1.807) is 13.8 Å². The van der Waals surface area contributed by atoms with Gasteiger partial charge in [0.2, 0.25) is 53.2 Å². The van der Waals surface area contributed by atoms with Crippen molar-refractivity contribution in [1.82, 2.24) is 47.9 Å². The Balaban J connectivity index is 6.16. The SMILES string of the molecule is CC(C)C[C@H](NC(=O)[C@H](CC(C)C)NC(=O)[C@H](CC(C)C)NC(=O)[C@H](CC(C)C)NC(=O)[C@H](C)NC(=O)[C@H](CC(C)C)NC(=O)[C@H](C)NC(=O)[C@@H](NC(=O)[C@H](CCC(=O)O)NC(=O)CN)[C@@H](C)O)C(=O)O. The van der Waals surface area contributed by atoms with Gasteiger partial charge in [-0.15, -0.1) is 0 Å². The maximum absolute atomic E-state index is 13.9. The van der Waals surface area contributed by atoms with Crippen LogP contribution in [0.3, 0.4) is 0 Å². The molecule has 0 aliphatic rings. The van der Waals surface area contributed by atoms with Crippen LogP contribution in [0.1, 0.15) is 135 Å². The molecule has 0 fully saturated rings. The zero-order chi connectivity index (χ0) is 55.0. The van der Waals surface area contributed by atoms with Gasteiger partial charge in [-0.25, -0.2) is 4.79 Å². The Morgan fingerprint density at radius 1 is 0.380 bits per heavy atom. The van der Waals surface area contributed by atoms with Crippen LogP contribution in [0.25, 0.3) is 0 Å². The van der Waals surface area contributed by atoms with Gasteiger partial charge in [-0.2, -0.15) is 0 Å². The summed E-state index contributed by atoms with van der Waals surface area (Å²) in [5, 5.41) is 51.8. The summed E-state index contributed by atoms with van der Waals surface area (Å²) in [5.74, 6) is -10.4. The molecule has 0 aliphatic heterocycles. The van der Waals surface area contributed by atoms with Crippen LogP contribution >= 0.6 is 0 Å². The summed E-state index contributed by atoms with van der Waals surface area (Å²) in [6.45, 7) is 21.4. The zero-order valence-corrected chi connectivity index (χ0v) is 43.7. The van der Waals surface area contributed by atoms with Crippen molar-refractivity contribution >= 4 is 65.1 Å². The molecule has 14 N–H and O–H groups in total. The first-order valence-corrected chi connectivity index (χ1v) is 24.3. The molecule has 0 spiro atoms. The third kappa shape index (κ3) is 26.2. The number of amides is 9. The maximum Gasteiger partial charge on any atom is 0.326 e. The smallest absolute Gasteiger partial charge is 0.326 e. The van der Waals surface area contributed by atoms with E-state index < -0.39 is 139 Å². The Kier molecular flexibility index (Phi) is 29.5. The van der Waals surface area contributed by atoms with Gasteiger partial charge in [0.25, 0.3) is 0 Å². The van der Waals surface area contributed by atoms with E-state index in [1.165, 1.54) is 20.8 Å². The lowest BCUT2D eigenvalue weighted by molar-refractivity contribution is -0.143. The highest BCUT2D eigenvalue weighted by Gasteiger charge is 2.36. The summed E-state index contributed by atoms with van der Waals surface area (Å²) in [5.41, 5.74) is 5.31. The Labute approximate surface area is 417 Å². The van der Waals surface area contributed by atoms with Crippen molar-refractivity contribution in [3.05, 3.63) is 0 Å². The molecule has 24 nitrogen and oxygen atoms in total. The van der Waals surface area contributed by atoms with Gasteiger partial charge in [0.1, 0.15) is 54.4 Å². The molecule has 0 aliphatic carbocycles. The monoisotopic (exact) mass is 1010 g/mol. The number of carboxylic acids is 2. The van der Waals surface area contributed by atoms with Crippen molar-refractivity contribution in [2.75, 3.05) is 6.54 Å².